The van der Waals surface area contributed by atoms with E-state index in [0.29, 0.717) is 18.6 Å². The zero-order valence-electron chi connectivity index (χ0n) is 18.5. The number of nitrogens with one attached hydrogen (secondary N) is 2. The Morgan fingerprint density at radius 3 is 2.72 bits per heavy atom. The number of guanidine groups is 1. The monoisotopic (exact) mass is 403 g/mol. The molecule has 3 rings (SSSR count). The first-order valence-corrected chi connectivity index (χ1v) is 11.1. The van der Waals surface area contributed by atoms with Crippen molar-refractivity contribution in [2.75, 3.05) is 32.9 Å². The summed E-state index contributed by atoms with van der Waals surface area (Å²) in [7, 11) is 0. The van der Waals surface area contributed by atoms with Gasteiger partial charge in [-0.1, -0.05) is 0 Å². The van der Waals surface area contributed by atoms with Crippen LogP contribution in [0.2, 0.25) is 0 Å². The average molecular weight is 404 g/mol. The van der Waals surface area contributed by atoms with Crippen LogP contribution in [0.15, 0.2) is 17.1 Å². The minimum atomic E-state index is 0.226. The van der Waals surface area contributed by atoms with Crippen LogP contribution in [0, 0.1) is 5.41 Å². The Hall–Kier alpha value is -1.95. The van der Waals surface area contributed by atoms with Crippen LogP contribution in [0.3, 0.4) is 0 Å². The van der Waals surface area contributed by atoms with Gasteiger partial charge >= 0.3 is 0 Å². The van der Waals surface area contributed by atoms with Gasteiger partial charge in [0, 0.05) is 43.9 Å². The van der Waals surface area contributed by atoms with E-state index < -0.39 is 0 Å². The first-order chi connectivity index (χ1) is 14.1. The maximum atomic E-state index is 5.93. The van der Waals surface area contributed by atoms with Crippen molar-refractivity contribution in [2.24, 2.45) is 10.4 Å². The zero-order chi connectivity index (χ0) is 20.7. The van der Waals surface area contributed by atoms with Gasteiger partial charge in [0.15, 0.2) is 5.96 Å². The first kappa shape index (κ1) is 21.8. The maximum Gasteiger partial charge on any atom is 0.191 e. The van der Waals surface area contributed by atoms with Gasteiger partial charge in [-0.2, -0.15) is 0 Å². The molecular formula is C23H37N3O3. The van der Waals surface area contributed by atoms with Crippen molar-refractivity contribution in [2.45, 2.75) is 66.0 Å². The molecule has 1 aliphatic heterocycles. The fourth-order valence-corrected chi connectivity index (χ4v) is 3.80. The third-order valence-electron chi connectivity index (χ3n) is 5.70. The van der Waals surface area contributed by atoms with Gasteiger partial charge in [0.25, 0.3) is 0 Å². The first-order valence-electron chi connectivity index (χ1n) is 11.1. The van der Waals surface area contributed by atoms with Gasteiger partial charge < -0.3 is 24.8 Å². The number of fused-ring (bicyclic) bond motifs is 1. The van der Waals surface area contributed by atoms with Gasteiger partial charge in [-0.3, -0.25) is 0 Å². The summed E-state index contributed by atoms with van der Waals surface area (Å²) in [6, 6.07) is 4.22. The number of hydrogen-bond acceptors (Lipinski definition) is 4. The average Bonchev–Trinajstić information content (AvgIpc) is 3.37. The number of ether oxygens (including phenoxy) is 3. The van der Waals surface area contributed by atoms with Gasteiger partial charge in [-0.25, -0.2) is 4.99 Å². The zero-order valence-corrected chi connectivity index (χ0v) is 18.5. The van der Waals surface area contributed by atoms with E-state index in [2.05, 4.69) is 43.5 Å². The molecule has 0 bridgehead atoms. The number of rotatable bonds is 11. The number of benzene rings is 1. The summed E-state index contributed by atoms with van der Waals surface area (Å²) in [5, 5.41) is 6.91. The smallest absolute Gasteiger partial charge is 0.191 e. The fraction of sp³-hybridized carbons (Fsp3) is 0.696. The van der Waals surface area contributed by atoms with Gasteiger partial charge in [0.05, 0.1) is 13.2 Å². The highest BCUT2D eigenvalue weighted by molar-refractivity contribution is 5.79. The van der Waals surface area contributed by atoms with Crippen molar-refractivity contribution in [3.63, 3.8) is 0 Å². The molecule has 6 heteroatoms. The predicted molar refractivity (Wildman–Crippen MR) is 117 cm³/mol. The Balaban J connectivity index is 1.64. The van der Waals surface area contributed by atoms with Crippen LogP contribution in [-0.2, 0) is 17.7 Å². The van der Waals surface area contributed by atoms with Crippen LogP contribution < -0.4 is 20.1 Å². The Bertz CT molecular complexity index is 701. The molecule has 2 N–H and O–H groups in total. The van der Waals surface area contributed by atoms with Gasteiger partial charge in [-0.05, 0) is 64.5 Å². The van der Waals surface area contributed by atoms with Crippen LogP contribution >= 0.6 is 0 Å². The summed E-state index contributed by atoms with van der Waals surface area (Å²) in [6.07, 6.45) is 4.81. The summed E-state index contributed by atoms with van der Waals surface area (Å²) in [5.41, 5.74) is 2.66. The predicted octanol–water partition coefficient (Wildman–Crippen LogP) is 3.67. The van der Waals surface area contributed by atoms with Crippen LogP contribution in [-0.4, -0.2) is 45.0 Å². The quantitative estimate of drug-likeness (QED) is 0.335. The molecule has 6 nitrogen and oxygen atoms in total. The van der Waals surface area contributed by atoms with Gasteiger partial charge in [-0.15, -0.1) is 0 Å². The molecule has 1 atom stereocenters. The summed E-state index contributed by atoms with van der Waals surface area (Å²) < 4.78 is 17.4. The molecule has 2 aliphatic rings. The lowest BCUT2D eigenvalue weighted by molar-refractivity contribution is 0.128. The van der Waals surface area contributed by atoms with E-state index in [1.807, 2.05) is 6.92 Å². The van der Waals surface area contributed by atoms with Gasteiger partial charge in [0.1, 0.15) is 17.6 Å². The molecular weight excluding hydrogens is 366 g/mol. The van der Waals surface area contributed by atoms with E-state index >= 15 is 0 Å². The van der Waals surface area contributed by atoms with Crippen molar-refractivity contribution in [3.05, 3.63) is 23.3 Å². The summed E-state index contributed by atoms with van der Waals surface area (Å²) in [6.45, 7) is 12.9. The number of aliphatic imine (C=N–C) groups is 1. The molecule has 1 heterocycles. The summed E-state index contributed by atoms with van der Waals surface area (Å²) in [5.74, 6) is 2.74. The second-order valence-corrected chi connectivity index (χ2v) is 8.13. The Kier molecular flexibility index (Phi) is 7.64. The normalized spacial score (nSPS) is 19.4. The van der Waals surface area contributed by atoms with Crippen LogP contribution in [0.25, 0.3) is 0 Å². The topological polar surface area (TPSA) is 64.1 Å². The second kappa shape index (κ2) is 10.2. The van der Waals surface area contributed by atoms with Crippen molar-refractivity contribution >= 4 is 5.96 Å². The lowest BCUT2D eigenvalue weighted by Crippen LogP contribution is -2.40. The van der Waals surface area contributed by atoms with Crippen molar-refractivity contribution in [1.29, 1.82) is 0 Å². The summed E-state index contributed by atoms with van der Waals surface area (Å²) in [4.78, 5) is 4.83. The number of nitrogens with zero attached hydrogens (tertiary/aromatic N) is 1. The molecule has 0 aromatic heterocycles. The Morgan fingerprint density at radius 1 is 1.21 bits per heavy atom. The molecule has 29 heavy (non-hydrogen) atoms. The van der Waals surface area contributed by atoms with E-state index in [1.54, 1.807) is 0 Å². The molecule has 0 amide bonds. The maximum absolute atomic E-state index is 5.93. The lowest BCUT2D eigenvalue weighted by atomic mass is 10.0. The van der Waals surface area contributed by atoms with Crippen molar-refractivity contribution < 1.29 is 14.2 Å². The van der Waals surface area contributed by atoms with E-state index in [-0.39, 0.29) is 6.10 Å². The molecule has 1 aromatic rings. The summed E-state index contributed by atoms with van der Waals surface area (Å²) >= 11 is 0. The molecule has 1 unspecified atom stereocenters. The Labute approximate surface area is 175 Å². The van der Waals surface area contributed by atoms with Crippen LogP contribution in [0.4, 0.5) is 0 Å². The third kappa shape index (κ3) is 6.01. The number of hydrogen-bond donors (Lipinski definition) is 2. The van der Waals surface area contributed by atoms with E-state index in [9.17, 15) is 0 Å². The van der Waals surface area contributed by atoms with Crippen molar-refractivity contribution in [1.82, 2.24) is 10.6 Å². The molecule has 0 radical (unpaired) electrons. The van der Waals surface area contributed by atoms with Crippen LogP contribution in [0.1, 0.15) is 58.1 Å². The second-order valence-electron chi connectivity index (χ2n) is 8.13. The standard InChI is InChI=1S/C23H37N3O3/c1-5-24-22(26-16-23(8-9-23)10-11-27-6-2)25-15-19-14-21-18(12-17(4)29-21)13-20(19)28-7-3/h13-14,17H,5-12,15-16H2,1-4H3,(H2,24,25,26). The molecule has 162 valence electrons. The van der Waals surface area contributed by atoms with Crippen LogP contribution in [0.5, 0.6) is 11.5 Å². The minimum absolute atomic E-state index is 0.226. The third-order valence-corrected chi connectivity index (χ3v) is 5.70. The largest absolute Gasteiger partial charge is 0.494 e. The molecule has 1 saturated carbocycles. The molecule has 1 fully saturated rings. The SMILES string of the molecule is CCNC(=NCc1cc2c(cc1OCC)CC(C)O2)NCC1(CCOCC)CC1. The molecule has 0 spiro atoms. The Morgan fingerprint density at radius 2 is 2.03 bits per heavy atom. The molecule has 0 saturated heterocycles. The highest BCUT2D eigenvalue weighted by atomic mass is 16.5. The highest BCUT2D eigenvalue weighted by Gasteiger charge is 2.41. The van der Waals surface area contributed by atoms with Crippen molar-refractivity contribution in [3.8, 4) is 11.5 Å². The fourth-order valence-electron chi connectivity index (χ4n) is 3.80. The van der Waals surface area contributed by atoms with E-state index in [1.165, 1.54) is 18.4 Å². The molecule has 1 aliphatic carbocycles. The van der Waals surface area contributed by atoms with E-state index in [0.717, 1.165) is 62.2 Å². The lowest BCUT2D eigenvalue weighted by Gasteiger charge is -2.18. The minimum Gasteiger partial charge on any atom is -0.494 e. The highest BCUT2D eigenvalue weighted by Crippen LogP contribution is 2.48. The van der Waals surface area contributed by atoms with Gasteiger partial charge in [0.2, 0.25) is 0 Å². The molecule has 1 aromatic carbocycles. The van der Waals surface area contributed by atoms with E-state index in [4.69, 9.17) is 19.2 Å².